The van der Waals surface area contributed by atoms with Crippen LogP contribution in [0.1, 0.15) is 31.2 Å². The molecule has 1 atom stereocenters. The van der Waals surface area contributed by atoms with Gasteiger partial charge < -0.3 is 5.32 Å². The summed E-state index contributed by atoms with van der Waals surface area (Å²) in [7, 11) is -2.83. The number of piperidine rings is 1. The SMILES string of the molecule is O=C(CCc1cccc(Cl)c1)NC1CCN([C@@H]2CCS(=O)(=O)C2)CC1. The number of rotatable bonds is 5. The number of benzene rings is 1. The third-order valence-corrected chi connectivity index (χ3v) is 7.13. The van der Waals surface area contributed by atoms with E-state index in [0.717, 1.165) is 37.9 Å². The molecule has 3 rings (SSSR count). The van der Waals surface area contributed by atoms with E-state index < -0.39 is 9.84 Å². The number of hydrogen-bond donors (Lipinski definition) is 1. The van der Waals surface area contributed by atoms with E-state index in [1.165, 1.54) is 0 Å². The normalized spacial score (nSPS) is 24.3. The van der Waals surface area contributed by atoms with E-state index in [0.29, 0.717) is 29.4 Å². The van der Waals surface area contributed by atoms with E-state index in [2.05, 4.69) is 10.2 Å². The van der Waals surface area contributed by atoms with Crippen molar-refractivity contribution in [3.8, 4) is 0 Å². The standard InChI is InChI=1S/C18H25ClN2O3S/c19-15-3-1-2-14(12-15)4-5-18(22)20-16-6-9-21(10-7-16)17-8-11-25(23,24)13-17/h1-3,12,16-17H,4-11,13H2,(H,20,22)/t17-/m1/s1. The van der Waals surface area contributed by atoms with Crippen molar-refractivity contribution in [1.29, 1.82) is 0 Å². The van der Waals surface area contributed by atoms with Crippen molar-refractivity contribution in [2.45, 2.75) is 44.2 Å². The zero-order valence-electron chi connectivity index (χ0n) is 14.3. The van der Waals surface area contributed by atoms with Crippen molar-refractivity contribution >= 4 is 27.3 Å². The predicted octanol–water partition coefficient (Wildman–Crippen LogP) is 2.04. The number of carbonyl (C=O) groups excluding carboxylic acids is 1. The summed E-state index contributed by atoms with van der Waals surface area (Å²) in [6.07, 6.45) is 3.67. The van der Waals surface area contributed by atoms with Crippen LogP contribution in [0.3, 0.4) is 0 Å². The molecule has 2 heterocycles. The molecule has 0 unspecified atom stereocenters. The molecule has 0 aliphatic carbocycles. The maximum Gasteiger partial charge on any atom is 0.220 e. The number of aryl methyl sites for hydroxylation is 1. The molecule has 0 aromatic heterocycles. The summed E-state index contributed by atoms with van der Waals surface area (Å²) < 4.78 is 23.2. The summed E-state index contributed by atoms with van der Waals surface area (Å²) >= 11 is 5.96. The van der Waals surface area contributed by atoms with Gasteiger partial charge in [0.1, 0.15) is 0 Å². The first kappa shape index (κ1) is 18.7. The van der Waals surface area contributed by atoms with E-state index in [1.807, 2.05) is 24.3 Å². The summed E-state index contributed by atoms with van der Waals surface area (Å²) in [4.78, 5) is 14.4. The highest BCUT2D eigenvalue weighted by Crippen LogP contribution is 2.22. The van der Waals surface area contributed by atoms with Gasteiger partial charge in [0.2, 0.25) is 5.91 Å². The molecule has 2 aliphatic rings. The van der Waals surface area contributed by atoms with Crippen LogP contribution in [0.5, 0.6) is 0 Å². The van der Waals surface area contributed by atoms with Gasteiger partial charge in [0.05, 0.1) is 11.5 Å². The molecule has 0 bridgehead atoms. The lowest BCUT2D eigenvalue weighted by Crippen LogP contribution is -2.48. The highest BCUT2D eigenvalue weighted by atomic mass is 35.5. The molecule has 0 spiro atoms. The van der Waals surface area contributed by atoms with Crippen LogP contribution >= 0.6 is 11.6 Å². The Morgan fingerprint density at radius 2 is 2.00 bits per heavy atom. The quantitative estimate of drug-likeness (QED) is 0.843. The second-order valence-corrected chi connectivity index (χ2v) is 9.73. The van der Waals surface area contributed by atoms with Gasteiger partial charge >= 0.3 is 0 Å². The first-order valence-electron chi connectivity index (χ1n) is 8.89. The summed E-state index contributed by atoms with van der Waals surface area (Å²) in [5, 5.41) is 3.81. The molecule has 1 aromatic rings. The van der Waals surface area contributed by atoms with E-state index >= 15 is 0 Å². The number of halogens is 1. The number of carbonyl (C=O) groups is 1. The average Bonchev–Trinajstić information content (AvgIpc) is 2.94. The smallest absolute Gasteiger partial charge is 0.220 e. The largest absolute Gasteiger partial charge is 0.353 e. The Morgan fingerprint density at radius 1 is 1.24 bits per heavy atom. The highest BCUT2D eigenvalue weighted by molar-refractivity contribution is 7.91. The summed E-state index contributed by atoms with van der Waals surface area (Å²) in [5.74, 6) is 0.684. The van der Waals surface area contributed by atoms with Gasteiger partial charge in [-0.05, 0) is 43.4 Å². The van der Waals surface area contributed by atoms with Crippen molar-refractivity contribution in [2.24, 2.45) is 0 Å². The van der Waals surface area contributed by atoms with E-state index in [4.69, 9.17) is 11.6 Å². The molecule has 1 aromatic carbocycles. The number of sulfone groups is 1. The molecular formula is C18H25ClN2O3S. The van der Waals surface area contributed by atoms with Gasteiger partial charge in [-0.3, -0.25) is 9.69 Å². The first-order valence-corrected chi connectivity index (χ1v) is 11.1. The number of nitrogens with one attached hydrogen (secondary N) is 1. The van der Waals surface area contributed by atoms with Crippen molar-refractivity contribution in [3.05, 3.63) is 34.9 Å². The Hall–Kier alpha value is -1.11. The van der Waals surface area contributed by atoms with Crippen LogP contribution in [0.15, 0.2) is 24.3 Å². The molecule has 1 N–H and O–H groups in total. The second kappa shape index (κ2) is 8.06. The molecule has 0 radical (unpaired) electrons. The average molecular weight is 385 g/mol. The third kappa shape index (κ3) is 5.43. The summed E-state index contributed by atoms with van der Waals surface area (Å²) in [6, 6.07) is 7.96. The van der Waals surface area contributed by atoms with Gasteiger partial charge in [0.25, 0.3) is 0 Å². The van der Waals surface area contributed by atoms with Crippen LogP contribution in [0.4, 0.5) is 0 Å². The van der Waals surface area contributed by atoms with Crippen molar-refractivity contribution in [3.63, 3.8) is 0 Å². The molecule has 7 heteroatoms. The van der Waals surface area contributed by atoms with E-state index in [1.54, 1.807) is 0 Å². The maximum atomic E-state index is 12.2. The zero-order valence-corrected chi connectivity index (χ0v) is 15.9. The Balaban J connectivity index is 1.39. The molecule has 0 saturated carbocycles. The van der Waals surface area contributed by atoms with Gasteiger partial charge in [-0.2, -0.15) is 0 Å². The summed E-state index contributed by atoms with van der Waals surface area (Å²) in [5.41, 5.74) is 1.07. The van der Waals surface area contributed by atoms with Crippen LogP contribution < -0.4 is 5.32 Å². The Morgan fingerprint density at radius 3 is 2.64 bits per heavy atom. The van der Waals surface area contributed by atoms with Crippen LogP contribution in [-0.4, -0.2) is 55.9 Å². The fourth-order valence-corrected chi connectivity index (χ4v) is 5.70. The minimum atomic E-state index is -2.83. The zero-order chi connectivity index (χ0) is 17.9. The Labute approximate surface area is 154 Å². The first-order chi connectivity index (χ1) is 11.9. The second-order valence-electron chi connectivity index (χ2n) is 7.06. The topological polar surface area (TPSA) is 66.5 Å². The monoisotopic (exact) mass is 384 g/mol. The lowest BCUT2D eigenvalue weighted by atomic mass is 10.0. The fraction of sp³-hybridized carbons (Fsp3) is 0.611. The van der Waals surface area contributed by atoms with Gasteiger partial charge in [-0.15, -0.1) is 0 Å². The van der Waals surface area contributed by atoms with Crippen LogP contribution in [0.2, 0.25) is 5.02 Å². The Kier molecular flexibility index (Phi) is 6.02. The molecule has 138 valence electrons. The minimum absolute atomic E-state index is 0.0712. The molecule has 2 saturated heterocycles. The molecule has 5 nitrogen and oxygen atoms in total. The minimum Gasteiger partial charge on any atom is -0.353 e. The van der Waals surface area contributed by atoms with Crippen molar-refractivity contribution in [1.82, 2.24) is 10.2 Å². The third-order valence-electron chi connectivity index (χ3n) is 5.15. The lowest BCUT2D eigenvalue weighted by molar-refractivity contribution is -0.122. The van der Waals surface area contributed by atoms with Crippen molar-refractivity contribution in [2.75, 3.05) is 24.6 Å². The number of amides is 1. The number of nitrogens with zero attached hydrogens (tertiary/aromatic N) is 1. The molecule has 2 aliphatic heterocycles. The molecule has 25 heavy (non-hydrogen) atoms. The van der Waals surface area contributed by atoms with Gasteiger partial charge in [0, 0.05) is 36.6 Å². The van der Waals surface area contributed by atoms with E-state index in [9.17, 15) is 13.2 Å². The molecule has 1 amide bonds. The van der Waals surface area contributed by atoms with Gasteiger partial charge in [-0.1, -0.05) is 23.7 Å². The summed E-state index contributed by atoms with van der Waals surface area (Å²) in [6.45, 7) is 1.72. The number of likely N-dealkylation sites (tertiary alicyclic amines) is 1. The van der Waals surface area contributed by atoms with Gasteiger partial charge in [0.15, 0.2) is 9.84 Å². The van der Waals surface area contributed by atoms with Crippen LogP contribution in [-0.2, 0) is 21.1 Å². The number of hydrogen-bond acceptors (Lipinski definition) is 4. The maximum absolute atomic E-state index is 12.2. The lowest BCUT2D eigenvalue weighted by Gasteiger charge is -2.35. The Bertz CT molecular complexity index is 715. The molecule has 2 fully saturated rings. The van der Waals surface area contributed by atoms with Crippen molar-refractivity contribution < 1.29 is 13.2 Å². The van der Waals surface area contributed by atoms with Crippen LogP contribution in [0.25, 0.3) is 0 Å². The highest BCUT2D eigenvalue weighted by Gasteiger charge is 2.34. The van der Waals surface area contributed by atoms with Crippen LogP contribution in [0, 0.1) is 0 Å². The predicted molar refractivity (Wildman–Crippen MR) is 99.6 cm³/mol. The van der Waals surface area contributed by atoms with E-state index in [-0.39, 0.29) is 18.0 Å². The fourth-order valence-electron chi connectivity index (χ4n) is 3.72. The van der Waals surface area contributed by atoms with Gasteiger partial charge in [-0.25, -0.2) is 8.42 Å². The molecular weight excluding hydrogens is 360 g/mol.